The number of carbonyl (C=O) groups is 1. The average Bonchev–Trinajstić information content (AvgIpc) is 2.81. The van der Waals surface area contributed by atoms with E-state index in [0.717, 1.165) is 3.57 Å². The standard InChI is InChI=1S/C15H10ClIN2O2/c1-8-18-13-7-10(3-5-14(13)21-8)19-15(20)9-2-4-12(17)11(16)6-9/h2-7H,1H3,(H,19,20). The van der Waals surface area contributed by atoms with Gasteiger partial charge in [0.2, 0.25) is 0 Å². The normalized spacial score (nSPS) is 10.8. The Labute approximate surface area is 139 Å². The number of oxazole rings is 1. The number of carbonyl (C=O) groups excluding carboxylic acids is 1. The number of aromatic nitrogens is 1. The SMILES string of the molecule is Cc1nc2cc(NC(=O)c3ccc(I)c(Cl)c3)ccc2o1. The van der Waals surface area contributed by atoms with Crippen molar-refractivity contribution in [3.05, 3.63) is 56.4 Å². The van der Waals surface area contributed by atoms with Gasteiger partial charge in [-0.15, -0.1) is 0 Å². The molecule has 0 radical (unpaired) electrons. The van der Waals surface area contributed by atoms with Crippen molar-refractivity contribution in [3.8, 4) is 0 Å². The van der Waals surface area contributed by atoms with E-state index >= 15 is 0 Å². The summed E-state index contributed by atoms with van der Waals surface area (Å²) in [5, 5.41) is 3.39. The van der Waals surface area contributed by atoms with Crippen LogP contribution in [-0.2, 0) is 0 Å². The van der Waals surface area contributed by atoms with E-state index in [2.05, 4.69) is 32.9 Å². The van der Waals surface area contributed by atoms with E-state index in [0.29, 0.717) is 33.3 Å². The van der Waals surface area contributed by atoms with Gasteiger partial charge in [0.05, 0.1) is 5.02 Å². The number of nitrogens with zero attached hydrogens (tertiary/aromatic N) is 1. The molecule has 0 aliphatic carbocycles. The van der Waals surface area contributed by atoms with E-state index in [1.54, 1.807) is 37.3 Å². The van der Waals surface area contributed by atoms with Crippen LogP contribution in [0.5, 0.6) is 0 Å². The molecule has 0 saturated heterocycles. The first-order chi connectivity index (χ1) is 10.0. The number of halogens is 2. The lowest BCUT2D eigenvalue weighted by molar-refractivity contribution is 0.102. The van der Waals surface area contributed by atoms with E-state index < -0.39 is 0 Å². The summed E-state index contributed by atoms with van der Waals surface area (Å²) >= 11 is 8.15. The number of nitrogens with one attached hydrogen (secondary N) is 1. The number of aryl methyl sites for hydroxylation is 1. The van der Waals surface area contributed by atoms with Crippen LogP contribution in [0, 0.1) is 10.5 Å². The second-order valence-corrected chi connectivity index (χ2v) is 6.07. The fraction of sp³-hybridized carbons (Fsp3) is 0.0667. The van der Waals surface area contributed by atoms with E-state index in [-0.39, 0.29) is 5.91 Å². The minimum Gasteiger partial charge on any atom is -0.441 e. The highest BCUT2D eigenvalue weighted by Gasteiger charge is 2.10. The number of rotatable bonds is 2. The fourth-order valence-corrected chi connectivity index (χ4v) is 2.48. The molecule has 1 heterocycles. The lowest BCUT2D eigenvalue weighted by atomic mass is 10.2. The molecule has 1 N–H and O–H groups in total. The Kier molecular flexibility index (Phi) is 3.86. The van der Waals surface area contributed by atoms with Gasteiger partial charge >= 0.3 is 0 Å². The highest BCUT2D eigenvalue weighted by atomic mass is 127. The molecule has 0 atom stereocenters. The third kappa shape index (κ3) is 3.03. The third-order valence-corrected chi connectivity index (χ3v) is 4.51. The van der Waals surface area contributed by atoms with Crippen LogP contribution in [-0.4, -0.2) is 10.9 Å². The Morgan fingerprint density at radius 1 is 1.29 bits per heavy atom. The first-order valence-electron chi connectivity index (χ1n) is 6.16. The molecule has 0 aliphatic heterocycles. The van der Waals surface area contributed by atoms with Crippen molar-refractivity contribution >= 4 is 56.9 Å². The van der Waals surface area contributed by atoms with Crippen molar-refractivity contribution in [2.75, 3.05) is 5.32 Å². The maximum atomic E-state index is 12.2. The van der Waals surface area contributed by atoms with E-state index in [9.17, 15) is 4.79 Å². The largest absolute Gasteiger partial charge is 0.441 e. The van der Waals surface area contributed by atoms with Crippen LogP contribution in [0.25, 0.3) is 11.1 Å². The van der Waals surface area contributed by atoms with Crippen LogP contribution in [0.4, 0.5) is 5.69 Å². The maximum absolute atomic E-state index is 12.2. The van der Waals surface area contributed by atoms with Gasteiger partial charge in [0.1, 0.15) is 5.52 Å². The molecule has 106 valence electrons. The number of anilines is 1. The van der Waals surface area contributed by atoms with Gasteiger partial charge in [0.25, 0.3) is 5.91 Å². The number of hydrogen-bond donors (Lipinski definition) is 1. The number of hydrogen-bond acceptors (Lipinski definition) is 3. The van der Waals surface area contributed by atoms with Crippen molar-refractivity contribution in [2.24, 2.45) is 0 Å². The Hall–Kier alpha value is -1.60. The molecule has 0 spiro atoms. The second kappa shape index (κ2) is 5.65. The van der Waals surface area contributed by atoms with Gasteiger partial charge in [-0.3, -0.25) is 4.79 Å². The molecule has 3 aromatic rings. The van der Waals surface area contributed by atoms with Crippen LogP contribution >= 0.6 is 34.2 Å². The van der Waals surface area contributed by atoms with E-state index in [1.807, 2.05) is 6.07 Å². The molecule has 0 aliphatic rings. The number of benzene rings is 2. The monoisotopic (exact) mass is 412 g/mol. The highest BCUT2D eigenvalue weighted by molar-refractivity contribution is 14.1. The quantitative estimate of drug-likeness (QED) is 0.624. The summed E-state index contributed by atoms with van der Waals surface area (Å²) in [7, 11) is 0. The van der Waals surface area contributed by atoms with Crippen LogP contribution in [0.1, 0.15) is 16.2 Å². The van der Waals surface area contributed by atoms with Gasteiger partial charge in [-0.2, -0.15) is 0 Å². The summed E-state index contributed by atoms with van der Waals surface area (Å²) < 4.78 is 6.31. The Morgan fingerprint density at radius 2 is 2.10 bits per heavy atom. The molecule has 1 amide bonds. The van der Waals surface area contributed by atoms with Crippen LogP contribution in [0.2, 0.25) is 5.02 Å². The minimum atomic E-state index is -0.215. The Bertz CT molecular complexity index is 845. The lowest BCUT2D eigenvalue weighted by Crippen LogP contribution is -2.11. The lowest BCUT2D eigenvalue weighted by Gasteiger charge is -2.06. The smallest absolute Gasteiger partial charge is 0.255 e. The fourth-order valence-electron chi connectivity index (χ4n) is 1.96. The zero-order chi connectivity index (χ0) is 15.0. The molecule has 0 bridgehead atoms. The zero-order valence-corrected chi connectivity index (χ0v) is 13.9. The molecule has 0 unspecified atom stereocenters. The van der Waals surface area contributed by atoms with Crippen LogP contribution in [0.3, 0.4) is 0 Å². The molecular weight excluding hydrogens is 403 g/mol. The summed E-state index contributed by atoms with van der Waals surface area (Å²) in [6.07, 6.45) is 0. The van der Waals surface area contributed by atoms with E-state index in [4.69, 9.17) is 16.0 Å². The Morgan fingerprint density at radius 3 is 2.86 bits per heavy atom. The summed E-state index contributed by atoms with van der Waals surface area (Å²) in [5.41, 5.74) is 2.58. The minimum absolute atomic E-state index is 0.215. The van der Waals surface area contributed by atoms with Gasteiger partial charge in [-0.25, -0.2) is 4.98 Å². The first kappa shape index (κ1) is 14.3. The zero-order valence-electron chi connectivity index (χ0n) is 11.0. The van der Waals surface area contributed by atoms with Gasteiger partial charge in [0.15, 0.2) is 11.5 Å². The molecular formula is C15H10ClIN2O2. The topological polar surface area (TPSA) is 55.1 Å². The maximum Gasteiger partial charge on any atom is 0.255 e. The van der Waals surface area contributed by atoms with Gasteiger partial charge in [0, 0.05) is 21.7 Å². The first-order valence-corrected chi connectivity index (χ1v) is 7.62. The van der Waals surface area contributed by atoms with Crippen molar-refractivity contribution in [3.63, 3.8) is 0 Å². The molecule has 21 heavy (non-hydrogen) atoms. The van der Waals surface area contributed by atoms with Crippen molar-refractivity contribution in [1.82, 2.24) is 4.98 Å². The molecule has 6 heteroatoms. The summed E-state index contributed by atoms with van der Waals surface area (Å²) in [6.45, 7) is 1.78. The second-order valence-electron chi connectivity index (χ2n) is 4.50. The Balaban J connectivity index is 1.86. The van der Waals surface area contributed by atoms with Crippen LogP contribution < -0.4 is 5.32 Å². The average molecular weight is 413 g/mol. The summed E-state index contributed by atoms with van der Waals surface area (Å²) in [6, 6.07) is 10.5. The van der Waals surface area contributed by atoms with Crippen molar-refractivity contribution in [2.45, 2.75) is 6.92 Å². The molecule has 0 saturated carbocycles. The van der Waals surface area contributed by atoms with Crippen molar-refractivity contribution < 1.29 is 9.21 Å². The number of amides is 1. The summed E-state index contributed by atoms with van der Waals surface area (Å²) in [5.74, 6) is 0.380. The van der Waals surface area contributed by atoms with Crippen molar-refractivity contribution in [1.29, 1.82) is 0 Å². The molecule has 1 aromatic heterocycles. The predicted molar refractivity (Wildman–Crippen MR) is 90.9 cm³/mol. The molecule has 4 nitrogen and oxygen atoms in total. The van der Waals surface area contributed by atoms with Gasteiger partial charge < -0.3 is 9.73 Å². The third-order valence-electron chi connectivity index (χ3n) is 2.93. The molecule has 2 aromatic carbocycles. The van der Waals surface area contributed by atoms with Gasteiger partial charge in [-0.05, 0) is 59.0 Å². The molecule has 3 rings (SSSR count). The highest BCUT2D eigenvalue weighted by Crippen LogP contribution is 2.22. The summed E-state index contributed by atoms with van der Waals surface area (Å²) in [4.78, 5) is 16.4. The van der Waals surface area contributed by atoms with Crippen LogP contribution in [0.15, 0.2) is 40.8 Å². The van der Waals surface area contributed by atoms with E-state index in [1.165, 1.54) is 0 Å². The number of fused-ring (bicyclic) bond motifs is 1. The predicted octanol–water partition coefficient (Wildman–Crippen LogP) is 4.65. The molecule has 0 fully saturated rings. The van der Waals surface area contributed by atoms with Gasteiger partial charge in [-0.1, -0.05) is 11.6 Å².